The number of furan rings is 1. The monoisotopic (exact) mass is 286 g/mol. The Labute approximate surface area is 112 Å². The average Bonchev–Trinajstić information content (AvgIpc) is 2.86. The number of hydrogen-bond donors (Lipinski definition) is 2. The molecule has 0 radical (unpaired) electrons. The van der Waals surface area contributed by atoms with Crippen LogP contribution in [-0.2, 0) is 17.3 Å². The number of hydrogen-bond acceptors (Lipinski definition) is 4. The highest BCUT2D eigenvalue weighted by Crippen LogP contribution is 2.08. The lowest BCUT2D eigenvalue weighted by molar-refractivity contribution is 0.0660. The molecule has 7 nitrogen and oxygen atoms in total. The van der Waals surface area contributed by atoms with Crippen LogP contribution in [0.15, 0.2) is 16.5 Å². The van der Waals surface area contributed by atoms with E-state index in [1.54, 1.807) is 4.90 Å². The van der Waals surface area contributed by atoms with Crippen LogP contribution in [0, 0.1) is 0 Å². The fourth-order valence-corrected chi connectivity index (χ4v) is 2.76. The highest BCUT2D eigenvalue weighted by Gasteiger charge is 2.20. The van der Waals surface area contributed by atoms with Crippen molar-refractivity contribution in [1.82, 2.24) is 10.2 Å². The fraction of sp³-hybridized carbons (Fsp3) is 0.455. The molecule has 1 fully saturated rings. The van der Waals surface area contributed by atoms with E-state index in [2.05, 4.69) is 5.32 Å². The number of carboxylic acid groups (broad SMARTS) is 1. The molecule has 8 heteroatoms. The predicted octanol–water partition coefficient (Wildman–Crippen LogP) is 0.252. The largest absolute Gasteiger partial charge is 0.475 e. The third-order valence-electron chi connectivity index (χ3n) is 2.75. The number of urea groups is 1. The van der Waals surface area contributed by atoms with E-state index < -0.39 is 16.8 Å². The minimum Gasteiger partial charge on any atom is -0.475 e. The Bertz CT molecular complexity index is 503. The van der Waals surface area contributed by atoms with Crippen LogP contribution in [-0.4, -0.2) is 50.8 Å². The zero-order chi connectivity index (χ0) is 13.8. The first-order valence-corrected chi connectivity index (χ1v) is 7.25. The smallest absolute Gasteiger partial charge is 0.371 e. The molecule has 0 spiro atoms. The molecule has 0 bridgehead atoms. The number of aromatic carboxylic acids is 1. The van der Waals surface area contributed by atoms with Crippen LogP contribution in [0.2, 0.25) is 0 Å². The van der Waals surface area contributed by atoms with Gasteiger partial charge >= 0.3 is 12.0 Å². The molecule has 0 aliphatic carbocycles. The van der Waals surface area contributed by atoms with Crippen molar-refractivity contribution >= 4 is 22.8 Å². The molecule has 1 aliphatic heterocycles. The van der Waals surface area contributed by atoms with E-state index >= 15 is 0 Å². The lowest BCUT2D eigenvalue weighted by atomic mass is 10.4. The third kappa shape index (κ3) is 3.57. The molecule has 2 heterocycles. The molecule has 0 saturated carbocycles. The van der Waals surface area contributed by atoms with Crippen molar-refractivity contribution in [3.05, 3.63) is 23.7 Å². The summed E-state index contributed by atoms with van der Waals surface area (Å²) in [6.45, 7) is 1.07. The van der Waals surface area contributed by atoms with Crippen molar-refractivity contribution in [2.45, 2.75) is 6.54 Å². The van der Waals surface area contributed by atoms with Crippen LogP contribution in [0.25, 0.3) is 0 Å². The Balaban J connectivity index is 1.82. The minimum atomic E-state index is -1.14. The normalized spacial score (nSPS) is 16.3. The molecule has 1 aliphatic rings. The van der Waals surface area contributed by atoms with E-state index in [4.69, 9.17) is 9.52 Å². The van der Waals surface area contributed by atoms with Crippen molar-refractivity contribution in [2.75, 3.05) is 24.6 Å². The summed E-state index contributed by atoms with van der Waals surface area (Å²) >= 11 is 0. The number of nitrogens with zero attached hydrogens (tertiary/aromatic N) is 1. The quantitative estimate of drug-likeness (QED) is 0.829. The Kier molecular flexibility index (Phi) is 4.20. The van der Waals surface area contributed by atoms with Gasteiger partial charge in [0.2, 0.25) is 5.76 Å². The van der Waals surface area contributed by atoms with Gasteiger partial charge in [0.25, 0.3) is 0 Å². The van der Waals surface area contributed by atoms with E-state index in [0.29, 0.717) is 30.4 Å². The average molecular weight is 286 g/mol. The van der Waals surface area contributed by atoms with Crippen LogP contribution in [0.1, 0.15) is 16.3 Å². The van der Waals surface area contributed by atoms with Crippen molar-refractivity contribution in [3.63, 3.8) is 0 Å². The Morgan fingerprint density at radius 1 is 1.37 bits per heavy atom. The van der Waals surface area contributed by atoms with Crippen LogP contribution in [0.5, 0.6) is 0 Å². The predicted molar refractivity (Wildman–Crippen MR) is 67.4 cm³/mol. The van der Waals surface area contributed by atoms with Gasteiger partial charge in [-0.25, -0.2) is 9.59 Å². The molecule has 2 rings (SSSR count). The fourth-order valence-electron chi connectivity index (χ4n) is 1.70. The molecule has 1 aromatic rings. The van der Waals surface area contributed by atoms with Gasteiger partial charge in [-0.2, -0.15) is 0 Å². The second-order valence-corrected chi connectivity index (χ2v) is 5.76. The molecule has 0 atom stereocenters. The van der Waals surface area contributed by atoms with E-state index in [1.165, 1.54) is 12.1 Å². The van der Waals surface area contributed by atoms with Gasteiger partial charge in [0, 0.05) is 35.4 Å². The van der Waals surface area contributed by atoms with E-state index in [1.807, 2.05) is 0 Å². The van der Waals surface area contributed by atoms with E-state index in [9.17, 15) is 13.8 Å². The molecule has 2 N–H and O–H groups in total. The van der Waals surface area contributed by atoms with E-state index in [-0.39, 0.29) is 18.3 Å². The number of carbonyl (C=O) groups is 2. The maximum atomic E-state index is 11.8. The Morgan fingerprint density at radius 2 is 2.05 bits per heavy atom. The van der Waals surface area contributed by atoms with Crippen LogP contribution in [0.3, 0.4) is 0 Å². The van der Waals surface area contributed by atoms with E-state index in [0.717, 1.165) is 0 Å². The lowest BCUT2D eigenvalue weighted by Crippen LogP contribution is -2.46. The summed E-state index contributed by atoms with van der Waals surface area (Å²) in [6.07, 6.45) is 0. The molecule has 1 aromatic heterocycles. The number of carboxylic acids is 1. The lowest BCUT2D eigenvalue weighted by Gasteiger charge is -2.26. The standard InChI is InChI=1S/C11H14N2O5S/c14-10(15)9-2-1-8(18-9)7-12-11(16)13-3-5-19(17)6-4-13/h1-2H,3-7H2,(H,12,16)(H,14,15). The summed E-state index contributed by atoms with van der Waals surface area (Å²) in [6, 6.07) is 2.59. The molecule has 19 heavy (non-hydrogen) atoms. The van der Waals surface area contributed by atoms with Crippen molar-refractivity contribution in [2.24, 2.45) is 0 Å². The van der Waals surface area contributed by atoms with Gasteiger partial charge < -0.3 is 19.7 Å². The summed E-state index contributed by atoms with van der Waals surface area (Å²) in [7, 11) is -0.825. The summed E-state index contributed by atoms with van der Waals surface area (Å²) in [5, 5.41) is 11.3. The maximum Gasteiger partial charge on any atom is 0.371 e. The van der Waals surface area contributed by atoms with Gasteiger partial charge in [-0.1, -0.05) is 0 Å². The van der Waals surface area contributed by atoms with Gasteiger partial charge in [0.15, 0.2) is 0 Å². The third-order valence-corrected chi connectivity index (χ3v) is 4.03. The zero-order valence-electron chi connectivity index (χ0n) is 10.1. The SMILES string of the molecule is O=C(O)c1ccc(CNC(=O)N2CCS(=O)CC2)o1. The Hall–Kier alpha value is -1.83. The summed E-state index contributed by atoms with van der Waals surface area (Å²) in [5.41, 5.74) is 0. The summed E-state index contributed by atoms with van der Waals surface area (Å²) in [5.74, 6) is 0.0781. The summed E-state index contributed by atoms with van der Waals surface area (Å²) < 4.78 is 16.2. The van der Waals surface area contributed by atoms with Crippen molar-refractivity contribution in [3.8, 4) is 0 Å². The van der Waals surface area contributed by atoms with Gasteiger partial charge in [-0.15, -0.1) is 0 Å². The van der Waals surface area contributed by atoms with Gasteiger partial charge in [0.05, 0.1) is 6.54 Å². The first kappa shape index (κ1) is 13.6. The molecular formula is C11H14N2O5S. The zero-order valence-corrected chi connectivity index (χ0v) is 10.9. The van der Waals surface area contributed by atoms with Gasteiger partial charge in [-0.3, -0.25) is 4.21 Å². The molecule has 0 unspecified atom stereocenters. The second kappa shape index (κ2) is 5.87. The number of nitrogens with one attached hydrogen (secondary N) is 1. The van der Waals surface area contributed by atoms with Crippen LogP contribution in [0.4, 0.5) is 4.79 Å². The molecule has 1 saturated heterocycles. The molecule has 104 valence electrons. The van der Waals surface area contributed by atoms with Gasteiger partial charge in [0.1, 0.15) is 5.76 Å². The van der Waals surface area contributed by atoms with Crippen molar-refractivity contribution < 1.29 is 23.3 Å². The Morgan fingerprint density at radius 3 is 2.63 bits per heavy atom. The minimum absolute atomic E-state index is 0.131. The molecule has 2 amide bonds. The molecule has 0 aromatic carbocycles. The second-order valence-electron chi connectivity index (χ2n) is 4.06. The summed E-state index contributed by atoms with van der Waals surface area (Å²) in [4.78, 5) is 24.0. The maximum absolute atomic E-state index is 11.8. The first-order chi connectivity index (χ1) is 9.06. The van der Waals surface area contributed by atoms with Crippen molar-refractivity contribution in [1.29, 1.82) is 0 Å². The van der Waals surface area contributed by atoms with Gasteiger partial charge in [-0.05, 0) is 12.1 Å². The highest BCUT2D eigenvalue weighted by atomic mass is 32.2. The van der Waals surface area contributed by atoms with Crippen LogP contribution < -0.4 is 5.32 Å². The first-order valence-electron chi connectivity index (χ1n) is 5.76. The van der Waals surface area contributed by atoms with Crippen LogP contribution >= 0.6 is 0 Å². The molecular weight excluding hydrogens is 272 g/mol. The number of amides is 2. The number of carbonyl (C=O) groups excluding carboxylic acids is 1. The topological polar surface area (TPSA) is 99.9 Å². The highest BCUT2D eigenvalue weighted by molar-refractivity contribution is 7.85. The number of rotatable bonds is 3.